The van der Waals surface area contributed by atoms with Gasteiger partial charge in [-0.3, -0.25) is 14.7 Å². The summed E-state index contributed by atoms with van der Waals surface area (Å²) in [5.74, 6) is -0.430. The lowest BCUT2D eigenvalue weighted by molar-refractivity contribution is 0.0788. The van der Waals surface area contributed by atoms with Crippen molar-refractivity contribution < 1.29 is 18.0 Å². The number of para-hydroxylation sites is 1. The fourth-order valence-corrected chi connectivity index (χ4v) is 4.71. The average Bonchev–Trinajstić information content (AvgIpc) is 3.26. The quantitative estimate of drug-likeness (QED) is 0.397. The minimum atomic E-state index is -4.09. The van der Waals surface area contributed by atoms with E-state index in [-0.39, 0.29) is 35.0 Å². The van der Waals surface area contributed by atoms with Crippen LogP contribution in [-0.4, -0.2) is 54.5 Å². The van der Waals surface area contributed by atoms with Crippen molar-refractivity contribution in [3.8, 4) is 0 Å². The number of aromatic nitrogens is 2. The van der Waals surface area contributed by atoms with E-state index < -0.39 is 21.0 Å². The molecule has 4 rings (SSSR count). The Kier molecular flexibility index (Phi) is 4.46. The summed E-state index contributed by atoms with van der Waals surface area (Å²) in [6, 6.07) is 4.78. The zero-order valence-electron chi connectivity index (χ0n) is 15.3. The Bertz CT molecular complexity index is 1100. The molecule has 11 nitrogen and oxygen atoms in total. The van der Waals surface area contributed by atoms with Gasteiger partial charge in [0.15, 0.2) is 5.03 Å². The molecule has 1 saturated heterocycles. The first-order chi connectivity index (χ1) is 13.7. The minimum Gasteiger partial charge on any atom is -0.397 e. The molecule has 12 heteroatoms. The average molecular weight is 419 g/mol. The van der Waals surface area contributed by atoms with Crippen LogP contribution in [0.25, 0.3) is 0 Å². The zero-order chi connectivity index (χ0) is 20.9. The van der Waals surface area contributed by atoms with E-state index in [1.54, 1.807) is 23.1 Å². The third kappa shape index (κ3) is 3.29. The highest BCUT2D eigenvalue weighted by molar-refractivity contribution is 7.89. The number of anilines is 2. The molecular formula is C17H21N7O4S. The van der Waals surface area contributed by atoms with Gasteiger partial charge in [-0.2, -0.15) is 5.10 Å². The van der Waals surface area contributed by atoms with E-state index in [1.165, 1.54) is 0 Å². The van der Waals surface area contributed by atoms with Gasteiger partial charge in [-0.25, -0.2) is 13.6 Å². The van der Waals surface area contributed by atoms with Crippen molar-refractivity contribution in [3.05, 3.63) is 35.5 Å². The molecule has 1 aliphatic heterocycles. The van der Waals surface area contributed by atoms with Crippen LogP contribution in [0, 0.1) is 11.8 Å². The molecule has 8 N–H and O–H groups in total. The Morgan fingerprint density at radius 2 is 1.97 bits per heavy atom. The lowest BCUT2D eigenvalue weighted by atomic mass is 9.71. The number of amides is 2. The monoisotopic (exact) mass is 419 g/mol. The summed E-state index contributed by atoms with van der Waals surface area (Å²) >= 11 is 0. The van der Waals surface area contributed by atoms with Crippen LogP contribution in [0.3, 0.4) is 0 Å². The Balaban J connectivity index is 1.43. The molecule has 0 spiro atoms. The van der Waals surface area contributed by atoms with Crippen molar-refractivity contribution in [2.45, 2.75) is 17.5 Å². The van der Waals surface area contributed by atoms with Crippen molar-refractivity contribution in [1.29, 1.82) is 0 Å². The highest BCUT2D eigenvalue weighted by atomic mass is 32.2. The lowest BCUT2D eigenvalue weighted by Crippen LogP contribution is -2.52. The van der Waals surface area contributed by atoms with E-state index in [4.69, 9.17) is 16.6 Å². The molecule has 1 aromatic heterocycles. The molecule has 3 unspecified atom stereocenters. The maximum Gasteiger partial charge on any atom is 0.256 e. The number of carbonyl (C=O) groups is 2. The summed E-state index contributed by atoms with van der Waals surface area (Å²) in [5, 5.41) is 13.3. The minimum absolute atomic E-state index is 0.0787. The molecule has 1 aliphatic carbocycles. The van der Waals surface area contributed by atoms with Crippen LogP contribution < -0.4 is 21.9 Å². The standard InChI is InChI=1S/C17H21N7O4S/c18-12-3-1-2-9(14(12)19)17(26)24-6-8-4-13(11(8)7-24)22-15(25)10-5-21-23-16(10)29(20,27)28/h1-3,5,8,11,13H,4,6-7,18-19H2,(H,21,23)(H,22,25)(H2,20,27,28). The molecule has 2 heterocycles. The Morgan fingerprint density at radius 1 is 1.21 bits per heavy atom. The number of rotatable bonds is 4. The molecular weight excluding hydrogens is 398 g/mol. The van der Waals surface area contributed by atoms with Gasteiger partial charge in [0.25, 0.3) is 21.8 Å². The zero-order valence-corrected chi connectivity index (χ0v) is 16.1. The molecule has 2 aliphatic rings. The van der Waals surface area contributed by atoms with Crippen LogP contribution in [0.15, 0.2) is 29.4 Å². The summed E-state index contributed by atoms with van der Waals surface area (Å²) in [4.78, 5) is 27.0. The number of carbonyl (C=O) groups excluding carboxylic acids is 2. The predicted octanol–water partition coefficient (Wildman–Crippen LogP) is -0.888. The third-order valence-electron chi connectivity index (χ3n) is 5.67. The predicted molar refractivity (Wildman–Crippen MR) is 104 cm³/mol. The van der Waals surface area contributed by atoms with Crippen LogP contribution in [0.2, 0.25) is 0 Å². The van der Waals surface area contributed by atoms with Gasteiger partial charge in [-0.15, -0.1) is 0 Å². The molecule has 1 saturated carbocycles. The van der Waals surface area contributed by atoms with E-state index in [9.17, 15) is 18.0 Å². The first-order valence-electron chi connectivity index (χ1n) is 8.97. The largest absolute Gasteiger partial charge is 0.397 e. The number of hydrogen-bond donors (Lipinski definition) is 5. The van der Waals surface area contributed by atoms with Gasteiger partial charge in [-0.05, 0) is 24.5 Å². The molecule has 2 fully saturated rings. The third-order valence-corrected chi connectivity index (χ3v) is 6.55. The second kappa shape index (κ2) is 6.74. The van der Waals surface area contributed by atoms with Crippen LogP contribution in [0.5, 0.6) is 0 Å². The van der Waals surface area contributed by atoms with E-state index >= 15 is 0 Å². The second-order valence-corrected chi connectivity index (χ2v) is 8.91. The highest BCUT2D eigenvalue weighted by Gasteiger charge is 2.49. The van der Waals surface area contributed by atoms with Gasteiger partial charge < -0.3 is 21.7 Å². The number of nitrogens with zero attached hydrogens (tertiary/aromatic N) is 2. The van der Waals surface area contributed by atoms with Crippen molar-refractivity contribution in [3.63, 3.8) is 0 Å². The number of nitrogens with two attached hydrogens (primary N) is 3. The van der Waals surface area contributed by atoms with Crippen molar-refractivity contribution in [2.75, 3.05) is 24.6 Å². The number of fused-ring (bicyclic) bond motifs is 1. The smallest absolute Gasteiger partial charge is 0.256 e. The molecule has 29 heavy (non-hydrogen) atoms. The van der Waals surface area contributed by atoms with Crippen molar-refractivity contribution >= 4 is 33.2 Å². The Labute approximate surface area is 166 Å². The molecule has 0 radical (unpaired) electrons. The molecule has 0 bridgehead atoms. The van der Waals surface area contributed by atoms with Gasteiger partial charge in [0.2, 0.25) is 0 Å². The van der Waals surface area contributed by atoms with E-state index in [0.717, 1.165) is 6.20 Å². The number of aromatic amines is 1. The molecule has 3 atom stereocenters. The summed E-state index contributed by atoms with van der Waals surface area (Å²) in [6.07, 6.45) is 1.81. The van der Waals surface area contributed by atoms with E-state index in [0.29, 0.717) is 30.8 Å². The number of H-pyrrole nitrogens is 1. The molecule has 154 valence electrons. The number of hydrogen-bond acceptors (Lipinski definition) is 7. The summed E-state index contributed by atoms with van der Waals surface area (Å²) < 4.78 is 23.1. The maximum atomic E-state index is 12.8. The van der Waals surface area contributed by atoms with Crippen LogP contribution in [-0.2, 0) is 10.0 Å². The van der Waals surface area contributed by atoms with E-state index in [1.807, 2.05) is 0 Å². The number of nitrogen functional groups attached to an aromatic ring is 2. The van der Waals surface area contributed by atoms with Gasteiger partial charge in [0.05, 0.1) is 28.7 Å². The highest BCUT2D eigenvalue weighted by Crippen LogP contribution is 2.41. The maximum absolute atomic E-state index is 12.8. The number of primary sulfonamides is 1. The fourth-order valence-electron chi connectivity index (χ4n) is 4.08. The first kappa shape index (κ1) is 19.2. The number of likely N-dealkylation sites (tertiary alicyclic amines) is 1. The first-order valence-corrected chi connectivity index (χ1v) is 10.5. The van der Waals surface area contributed by atoms with Gasteiger partial charge in [0, 0.05) is 25.0 Å². The fraction of sp³-hybridized carbons (Fsp3) is 0.353. The number of sulfonamides is 1. The topological polar surface area (TPSA) is 190 Å². The van der Waals surface area contributed by atoms with E-state index in [2.05, 4.69) is 15.5 Å². The number of benzene rings is 1. The van der Waals surface area contributed by atoms with Crippen molar-refractivity contribution in [2.24, 2.45) is 17.0 Å². The SMILES string of the molecule is Nc1cccc(C(=O)N2CC3CC(NC(=O)c4cn[nH]c4S(N)(=O)=O)C3C2)c1N. The summed E-state index contributed by atoms with van der Waals surface area (Å²) in [5.41, 5.74) is 12.6. The van der Waals surface area contributed by atoms with Crippen LogP contribution in [0.1, 0.15) is 27.1 Å². The van der Waals surface area contributed by atoms with Gasteiger partial charge in [-0.1, -0.05) is 6.07 Å². The van der Waals surface area contributed by atoms with Gasteiger partial charge in [0.1, 0.15) is 0 Å². The summed E-state index contributed by atoms with van der Waals surface area (Å²) in [6.45, 7) is 1.04. The second-order valence-electron chi connectivity index (χ2n) is 7.42. The van der Waals surface area contributed by atoms with Crippen LogP contribution in [0.4, 0.5) is 11.4 Å². The molecule has 2 aromatic rings. The molecule has 2 amide bonds. The Morgan fingerprint density at radius 3 is 2.69 bits per heavy atom. The van der Waals surface area contributed by atoms with Gasteiger partial charge >= 0.3 is 0 Å². The Hall–Kier alpha value is -3.12. The number of nitrogens with one attached hydrogen (secondary N) is 2. The van der Waals surface area contributed by atoms with Crippen LogP contribution >= 0.6 is 0 Å². The summed E-state index contributed by atoms with van der Waals surface area (Å²) in [7, 11) is -4.09. The lowest BCUT2D eigenvalue weighted by Gasteiger charge is -2.39. The normalized spacial score (nSPS) is 23.3. The molecule has 1 aromatic carbocycles. The van der Waals surface area contributed by atoms with Crippen molar-refractivity contribution in [1.82, 2.24) is 20.4 Å².